The maximum Gasteiger partial charge on any atom is 0.326 e. The van der Waals surface area contributed by atoms with E-state index >= 15 is 0 Å². The molecule has 0 saturated carbocycles. The van der Waals surface area contributed by atoms with Crippen molar-refractivity contribution in [1.29, 1.82) is 0 Å². The van der Waals surface area contributed by atoms with E-state index in [-0.39, 0.29) is 6.03 Å². The van der Waals surface area contributed by atoms with Crippen molar-refractivity contribution in [3.05, 3.63) is 11.6 Å². The zero-order chi connectivity index (χ0) is 13.5. The Morgan fingerprint density at radius 1 is 1.61 bits per heavy atom. The first-order valence-electron chi connectivity index (χ1n) is 5.97. The highest BCUT2D eigenvalue weighted by Crippen LogP contribution is 2.09. The number of aliphatic carboxylic acids is 1. The van der Waals surface area contributed by atoms with Gasteiger partial charge in [0.1, 0.15) is 6.04 Å². The number of nitrogens with one attached hydrogen (secondary N) is 1. The Morgan fingerprint density at radius 2 is 2.33 bits per heavy atom. The largest absolute Gasteiger partial charge is 0.480 e. The minimum absolute atomic E-state index is 0.282. The van der Waals surface area contributed by atoms with Crippen molar-refractivity contribution < 1.29 is 14.7 Å². The fraction of sp³-hybridized carbons (Fsp3) is 0.667. The molecule has 0 spiro atoms. The van der Waals surface area contributed by atoms with Crippen LogP contribution in [0.3, 0.4) is 0 Å². The summed E-state index contributed by atoms with van der Waals surface area (Å²) in [7, 11) is 0. The molecule has 0 saturated heterocycles. The quantitative estimate of drug-likeness (QED) is 0.745. The Kier molecular flexibility index (Phi) is 6.04. The maximum atomic E-state index is 11.9. The Morgan fingerprint density at radius 3 is 2.89 bits per heavy atom. The van der Waals surface area contributed by atoms with Crippen LogP contribution in [-0.2, 0) is 4.79 Å². The third kappa shape index (κ3) is 4.60. The predicted molar refractivity (Wildman–Crippen MR) is 72.9 cm³/mol. The van der Waals surface area contributed by atoms with E-state index < -0.39 is 12.0 Å². The van der Waals surface area contributed by atoms with Gasteiger partial charge in [-0.15, -0.1) is 0 Å². The van der Waals surface area contributed by atoms with Gasteiger partial charge in [0.25, 0.3) is 0 Å². The van der Waals surface area contributed by atoms with Gasteiger partial charge >= 0.3 is 12.0 Å². The van der Waals surface area contributed by atoms with Crippen molar-refractivity contribution in [2.45, 2.75) is 25.8 Å². The van der Waals surface area contributed by atoms with Crippen molar-refractivity contribution in [3.63, 3.8) is 0 Å². The van der Waals surface area contributed by atoms with E-state index in [1.807, 2.05) is 13.2 Å². The molecule has 0 bridgehead atoms. The van der Waals surface area contributed by atoms with Crippen LogP contribution in [0.5, 0.6) is 0 Å². The molecule has 0 fully saturated rings. The van der Waals surface area contributed by atoms with Gasteiger partial charge in [-0.1, -0.05) is 11.6 Å². The van der Waals surface area contributed by atoms with Gasteiger partial charge in [0.2, 0.25) is 0 Å². The van der Waals surface area contributed by atoms with Gasteiger partial charge in [-0.05, 0) is 31.8 Å². The summed E-state index contributed by atoms with van der Waals surface area (Å²) in [5.41, 5.74) is 1.15. The monoisotopic (exact) mass is 272 g/mol. The molecule has 1 aliphatic rings. The minimum Gasteiger partial charge on any atom is -0.480 e. The number of hydrogen-bond acceptors (Lipinski definition) is 3. The minimum atomic E-state index is -0.971. The first-order valence-corrected chi connectivity index (χ1v) is 7.36. The zero-order valence-corrected chi connectivity index (χ0v) is 11.6. The van der Waals surface area contributed by atoms with Crippen LogP contribution in [0, 0.1) is 0 Å². The van der Waals surface area contributed by atoms with E-state index in [2.05, 4.69) is 11.4 Å². The van der Waals surface area contributed by atoms with Crippen LogP contribution in [0.2, 0.25) is 0 Å². The summed E-state index contributed by atoms with van der Waals surface area (Å²) in [6.07, 6.45) is 5.30. The maximum absolute atomic E-state index is 11.9. The number of thioether (sulfide) groups is 1. The molecule has 0 radical (unpaired) electrons. The third-order valence-electron chi connectivity index (χ3n) is 2.83. The summed E-state index contributed by atoms with van der Waals surface area (Å²) in [6.45, 7) is 3.21. The highest BCUT2D eigenvalue weighted by Gasteiger charge is 2.23. The molecular weight excluding hydrogens is 252 g/mol. The molecule has 18 heavy (non-hydrogen) atoms. The van der Waals surface area contributed by atoms with Gasteiger partial charge in [-0.25, -0.2) is 9.59 Å². The van der Waals surface area contributed by atoms with Gasteiger partial charge in [0, 0.05) is 13.1 Å². The summed E-state index contributed by atoms with van der Waals surface area (Å²) in [4.78, 5) is 24.6. The van der Waals surface area contributed by atoms with E-state index in [4.69, 9.17) is 5.11 Å². The lowest BCUT2D eigenvalue weighted by Crippen LogP contribution is -2.49. The third-order valence-corrected chi connectivity index (χ3v) is 3.47. The van der Waals surface area contributed by atoms with Gasteiger partial charge in [0.05, 0.1) is 0 Å². The Hall–Kier alpha value is -1.17. The molecule has 0 aromatic heterocycles. The number of carbonyl (C=O) groups is 2. The molecule has 1 heterocycles. The van der Waals surface area contributed by atoms with Crippen LogP contribution in [-0.4, -0.2) is 53.1 Å². The van der Waals surface area contributed by atoms with Gasteiger partial charge in [0.15, 0.2) is 0 Å². The molecule has 5 nitrogen and oxygen atoms in total. The van der Waals surface area contributed by atoms with Crippen LogP contribution >= 0.6 is 11.8 Å². The number of carbonyl (C=O) groups excluding carboxylic acids is 1. The molecule has 0 aromatic carbocycles. The molecule has 1 rings (SSSR count). The lowest BCUT2D eigenvalue weighted by atomic mass is 10.1. The van der Waals surface area contributed by atoms with E-state index in [1.54, 1.807) is 16.7 Å². The molecule has 6 heteroatoms. The Labute approximate surface area is 112 Å². The normalized spacial score (nSPS) is 17.0. The van der Waals surface area contributed by atoms with E-state index in [9.17, 15) is 9.59 Å². The van der Waals surface area contributed by atoms with E-state index in [0.29, 0.717) is 19.5 Å². The second kappa shape index (κ2) is 7.31. The molecular formula is C12H20N2O3S. The molecule has 2 amide bonds. The number of carboxylic acid groups (broad SMARTS) is 1. The molecule has 1 atom stereocenters. The Balaban J connectivity index is 2.50. The second-order valence-corrected chi connectivity index (χ2v) is 5.37. The standard InChI is InChI=1S/C12H20N2O3S/c1-9-4-3-6-14(8-9)12(17)13-10(11(15)16)5-7-18-2/h4,10H,3,5-8H2,1-2H3,(H,13,17)(H,15,16)/t10-/m0/s1. The number of rotatable bonds is 5. The van der Waals surface area contributed by atoms with Crippen molar-refractivity contribution in [2.24, 2.45) is 0 Å². The number of hydrogen-bond donors (Lipinski definition) is 2. The number of urea groups is 1. The molecule has 2 N–H and O–H groups in total. The van der Waals surface area contributed by atoms with Crippen molar-refractivity contribution in [1.82, 2.24) is 10.2 Å². The van der Waals surface area contributed by atoms with Gasteiger partial charge < -0.3 is 15.3 Å². The van der Waals surface area contributed by atoms with Gasteiger partial charge in [-0.2, -0.15) is 11.8 Å². The van der Waals surface area contributed by atoms with Crippen molar-refractivity contribution in [3.8, 4) is 0 Å². The van der Waals surface area contributed by atoms with E-state index in [0.717, 1.165) is 17.7 Å². The van der Waals surface area contributed by atoms with Crippen LogP contribution in [0.4, 0.5) is 4.79 Å². The second-order valence-electron chi connectivity index (χ2n) is 4.38. The van der Waals surface area contributed by atoms with Gasteiger partial charge in [-0.3, -0.25) is 0 Å². The Bertz CT molecular complexity index is 344. The fourth-order valence-electron chi connectivity index (χ4n) is 1.82. The smallest absolute Gasteiger partial charge is 0.326 e. The van der Waals surface area contributed by atoms with Crippen molar-refractivity contribution >= 4 is 23.8 Å². The summed E-state index contributed by atoms with van der Waals surface area (Å²) in [5, 5.41) is 11.6. The average Bonchev–Trinajstić information content (AvgIpc) is 2.33. The number of carboxylic acids is 1. The molecule has 0 aromatic rings. The molecule has 0 aliphatic carbocycles. The summed E-state index contributed by atoms with van der Waals surface area (Å²) in [5.74, 6) is -0.252. The number of nitrogens with zero attached hydrogens (tertiary/aromatic N) is 1. The highest BCUT2D eigenvalue weighted by atomic mass is 32.2. The molecule has 1 aliphatic heterocycles. The first-order chi connectivity index (χ1) is 8.54. The lowest BCUT2D eigenvalue weighted by molar-refractivity contribution is -0.139. The SMILES string of the molecule is CSCC[C@H](NC(=O)N1CCC=C(C)C1)C(=O)O. The summed E-state index contributed by atoms with van der Waals surface area (Å²) in [6, 6.07) is -1.08. The first kappa shape index (κ1) is 14.9. The van der Waals surface area contributed by atoms with Crippen molar-refractivity contribution in [2.75, 3.05) is 25.1 Å². The predicted octanol–water partition coefficient (Wildman–Crippen LogP) is 1.55. The zero-order valence-electron chi connectivity index (χ0n) is 10.8. The van der Waals surface area contributed by atoms with Crippen LogP contribution in [0.1, 0.15) is 19.8 Å². The van der Waals surface area contributed by atoms with Crippen LogP contribution in [0.15, 0.2) is 11.6 Å². The van der Waals surface area contributed by atoms with Crippen LogP contribution < -0.4 is 5.32 Å². The average molecular weight is 272 g/mol. The topological polar surface area (TPSA) is 69.6 Å². The van der Waals surface area contributed by atoms with E-state index in [1.165, 1.54) is 0 Å². The summed E-state index contributed by atoms with van der Waals surface area (Å²) >= 11 is 1.57. The van der Waals surface area contributed by atoms with Crippen LogP contribution in [0.25, 0.3) is 0 Å². The highest BCUT2D eigenvalue weighted by molar-refractivity contribution is 7.98. The number of amides is 2. The molecule has 0 unspecified atom stereocenters. The molecule has 102 valence electrons. The fourth-order valence-corrected chi connectivity index (χ4v) is 2.29. The summed E-state index contributed by atoms with van der Waals surface area (Å²) < 4.78 is 0. The lowest BCUT2D eigenvalue weighted by Gasteiger charge is -2.27.